The molecule has 0 fully saturated rings. The smallest absolute Gasteiger partial charge is 0.191 e. The lowest BCUT2D eigenvalue weighted by Crippen LogP contribution is -2.07. The first-order chi connectivity index (χ1) is 13.3. The van der Waals surface area contributed by atoms with Crippen molar-refractivity contribution in [3.05, 3.63) is 94.2 Å². The summed E-state index contributed by atoms with van der Waals surface area (Å²) in [5, 5.41) is 12.6. The van der Waals surface area contributed by atoms with Gasteiger partial charge < -0.3 is 4.57 Å². The largest absolute Gasteiger partial charge is 0.301 e. The highest BCUT2D eigenvalue weighted by Crippen LogP contribution is 2.27. The molecule has 0 aliphatic carbocycles. The molecule has 0 bridgehead atoms. The van der Waals surface area contributed by atoms with Gasteiger partial charge in [0.15, 0.2) is 5.16 Å². The molecule has 0 unspecified atom stereocenters. The molecule has 4 aromatic rings. The molecule has 0 amide bonds. The van der Waals surface area contributed by atoms with Gasteiger partial charge in [-0.1, -0.05) is 72.4 Å². The van der Waals surface area contributed by atoms with Crippen LogP contribution in [-0.4, -0.2) is 19.7 Å². The molecule has 0 aliphatic heterocycles. The third-order valence-corrected chi connectivity index (χ3v) is 6.27. The third kappa shape index (κ3) is 4.46. The number of hydrogen-bond acceptors (Lipinski definition) is 5. The van der Waals surface area contributed by atoms with Gasteiger partial charge in [0.25, 0.3) is 0 Å². The van der Waals surface area contributed by atoms with Crippen LogP contribution in [0, 0.1) is 0 Å². The van der Waals surface area contributed by atoms with Crippen molar-refractivity contribution in [2.75, 3.05) is 0 Å². The summed E-state index contributed by atoms with van der Waals surface area (Å²) in [6, 6.07) is 21.1. The highest BCUT2D eigenvalue weighted by atomic mass is 32.2. The van der Waals surface area contributed by atoms with Crippen LogP contribution in [0.4, 0.5) is 0 Å². The molecule has 6 heteroatoms. The average molecular weight is 393 g/mol. The number of nitrogens with zero attached hydrogens (tertiary/aromatic N) is 4. The zero-order valence-corrected chi connectivity index (χ0v) is 16.7. The Morgan fingerprint density at radius 3 is 2.56 bits per heavy atom. The number of aromatic nitrogens is 4. The lowest BCUT2D eigenvalue weighted by atomic mass is 10.1. The van der Waals surface area contributed by atoms with Crippen molar-refractivity contribution in [3.8, 4) is 0 Å². The van der Waals surface area contributed by atoms with E-state index >= 15 is 0 Å². The van der Waals surface area contributed by atoms with Crippen molar-refractivity contribution < 1.29 is 0 Å². The lowest BCUT2D eigenvalue weighted by molar-refractivity contribution is 0.582. The van der Waals surface area contributed by atoms with E-state index in [-0.39, 0.29) is 6.04 Å². The van der Waals surface area contributed by atoms with Gasteiger partial charge in [-0.25, -0.2) is 4.98 Å². The average Bonchev–Trinajstić information content (AvgIpc) is 3.36. The number of benzene rings is 2. The summed E-state index contributed by atoms with van der Waals surface area (Å²) in [7, 11) is 0. The van der Waals surface area contributed by atoms with Crippen LogP contribution in [-0.2, 0) is 12.2 Å². The molecule has 0 spiro atoms. The second-order valence-electron chi connectivity index (χ2n) is 6.29. The summed E-state index contributed by atoms with van der Waals surface area (Å²) < 4.78 is 2.12. The Labute approximate surface area is 167 Å². The highest BCUT2D eigenvalue weighted by molar-refractivity contribution is 7.98. The molecule has 2 heterocycles. The van der Waals surface area contributed by atoms with Crippen molar-refractivity contribution in [2.24, 2.45) is 0 Å². The molecule has 2 aromatic heterocycles. The van der Waals surface area contributed by atoms with Gasteiger partial charge in [-0.2, -0.15) is 0 Å². The van der Waals surface area contributed by atoms with Gasteiger partial charge in [0.05, 0.1) is 16.7 Å². The van der Waals surface area contributed by atoms with Crippen molar-refractivity contribution in [3.63, 3.8) is 0 Å². The second-order valence-corrected chi connectivity index (χ2v) is 8.18. The van der Waals surface area contributed by atoms with E-state index in [0.29, 0.717) is 0 Å². The van der Waals surface area contributed by atoms with E-state index in [1.54, 1.807) is 23.1 Å². The molecule has 136 valence electrons. The zero-order valence-electron chi connectivity index (χ0n) is 15.0. The van der Waals surface area contributed by atoms with Crippen LogP contribution in [0.25, 0.3) is 0 Å². The summed E-state index contributed by atoms with van der Waals surface area (Å²) in [6.45, 7) is 2.17. The maximum Gasteiger partial charge on any atom is 0.191 e. The predicted octanol–water partition coefficient (Wildman–Crippen LogP) is 5.23. The van der Waals surface area contributed by atoms with Gasteiger partial charge in [-0.15, -0.1) is 21.5 Å². The minimum absolute atomic E-state index is 0.202. The highest BCUT2D eigenvalue weighted by Gasteiger charge is 2.14. The topological polar surface area (TPSA) is 43.6 Å². The predicted molar refractivity (Wildman–Crippen MR) is 111 cm³/mol. The normalized spacial score (nSPS) is 12.2. The van der Waals surface area contributed by atoms with Crippen LogP contribution in [0.5, 0.6) is 0 Å². The van der Waals surface area contributed by atoms with Crippen molar-refractivity contribution in [2.45, 2.75) is 30.3 Å². The van der Waals surface area contributed by atoms with Gasteiger partial charge in [-0.05, 0) is 18.1 Å². The minimum atomic E-state index is 0.202. The van der Waals surface area contributed by atoms with Gasteiger partial charge in [0, 0.05) is 17.6 Å². The number of thiazole rings is 1. The molecule has 0 radical (unpaired) electrons. The fraction of sp³-hybridized carbons (Fsp3) is 0.190. The van der Waals surface area contributed by atoms with E-state index in [1.165, 1.54) is 11.1 Å². The molecular weight excluding hydrogens is 372 g/mol. The zero-order chi connectivity index (χ0) is 18.5. The quantitative estimate of drug-likeness (QED) is 0.404. The fourth-order valence-corrected chi connectivity index (χ4v) is 4.72. The summed E-state index contributed by atoms with van der Waals surface area (Å²) in [6.07, 6.45) is 2.69. The Morgan fingerprint density at radius 2 is 1.78 bits per heavy atom. The van der Waals surface area contributed by atoms with E-state index in [1.807, 2.05) is 18.5 Å². The van der Waals surface area contributed by atoms with Crippen LogP contribution in [0.1, 0.15) is 34.8 Å². The first-order valence-electron chi connectivity index (χ1n) is 8.84. The summed E-state index contributed by atoms with van der Waals surface area (Å²) in [5.41, 5.74) is 3.64. The summed E-state index contributed by atoms with van der Waals surface area (Å²) in [4.78, 5) is 4.78. The van der Waals surface area contributed by atoms with Crippen molar-refractivity contribution in [1.29, 1.82) is 0 Å². The van der Waals surface area contributed by atoms with Gasteiger partial charge in [0.1, 0.15) is 6.33 Å². The van der Waals surface area contributed by atoms with Crippen molar-refractivity contribution in [1.82, 2.24) is 19.7 Å². The maximum absolute atomic E-state index is 4.78. The standard InChI is InChI=1S/C21H20N4S2/c1-16(18-10-6-3-7-11-18)25-15-22-24-21(25)27-14-19-13-26-20(23-19)12-17-8-4-2-5-9-17/h2-11,13,15-16H,12,14H2,1H3/t16-/m0/s1. The Kier molecular flexibility index (Phi) is 5.65. The number of thioether (sulfide) groups is 1. The van der Waals surface area contributed by atoms with Gasteiger partial charge >= 0.3 is 0 Å². The molecular formula is C21H20N4S2. The van der Waals surface area contributed by atoms with Crippen LogP contribution in [0.2, 0.25) is 0 Å². The fourth-order valence-electron chi connectivity index (χ4n) is 2.90. The first-order valence-corrected chi connectivity index (χ1v) is 10.7. The molecule has 4 nitrogen and oxygen atoms in total. The summed E-state index contributed by atoms with van der Waals surface area (Å²) in [5.74, 6) is 0.797. The third-order valence-electron chi connectivity index (χ3n) is 4.39. The van der Waals surface area contributed by atoms with Crippen LogP contribution in [0.15, 0.2) is 77.5 Å². The number of hydrogen-bond donors (Lipinski definition) is 0. The van der Waals surface area contributed by atoms with E-state index < -0.39 is 0 Å². The molecule has 2 aromatic carbocycles. The molecule has 0 saturated heterocycles. The van der Waals surface area contributed by atoms with Gasteiger partial charge in [0.2, 0.25) is 0 Å². The van der Waals surface area contributed by atoms with E-state index in [0.717, 1.165) is 28.0 Å². The summed E-state index contributed by atoms with van der Waals surface area (Å²) >= 11 is 3.40. The van der Waals surface area contributed by atoms with Crippen LogP contribution >= 0.6 is 23.1 Å². The maximum atomic E-state index is 4.78. The lowest BCUT2D eigenvalue weighted by Gasteiger charge is -2.15. The Morgan fingerprint density at radius 1 is 1.04 bits per heavy atom. The van der Waals surface area contributed by atoms with Gasteiger partial charge in [-0.3, -0.25) is 0 Å². The number of rotatable bonds is 7. The van der Waals surface area contributed by atoms with Crippen LogP contribution < -0.4 is 0 Å². The Hall–Kier alpha value is -2.44. The molecule has 0 aliphatic rings. The second kappa shape index (κ2) is 8.50. The molecule has 0 N–H and O–H groups in total. The molecule has 27 heavy (non-hydrogen) atoms. The SMILES string of the molecule is C[C@@H](c1ccccc1)n1cnnc1SCc1csc(Cc2ccccc2)n1. The molecule has 1 atom stereocenters. The molecule has 0 saturated carbocycles. The Bertz CT molecular complexity index is 980. The van der Waals surface area contributed by atoms with Crippen molar-refractivity contribution >= 4 is 23.1 Å². The minimum Gasteiger partial charge on any atom is -0.301 e. The van der Waals surface area contributed by atoms with E-state index in [4.69, 9.17) is 4.98 Å². The van der Waals surface area contributed by atoms with E-state index in [2.05, 4.69) is 75.6 Å². The molecule has 4 rings (SSSR count). The van der Waals surface area contributed by atoms with Crippen LogP contribution in [0.3, 0.4) is 0 Å². The van der Waals surface area contributed by atoms with E-state index in [9.17, 15) is 0 Å². The first kappa shape index (κ1) is 17.9. The monoisotopic (exact) mass is 392 g/mol. The Balaban J connectivity index is 1.41.